The largest absolute Gasteiger partial charge is 0.461 e. The molecule has 5 heterocycles. The van der Waals surface area contributed by atoms with Crippen molar-refractivity contribution in [3.8, 4) is 23.2 Å². The first-order valence-corrected chi connectivity index (χ1v) is 16.5. The van der Waals surface area contributed by atoms with Gasteiger partial charge in [0.1, 0.15) is 41.0 Å². The van der Waals surface area contributed by atoms with Crippen LogP contribution in [0.5, 0.6) is 6.01 Å². The molecule has 4 aromatic rings. The Labute approximate surface area is 275 Å². The molecule has 0 aliphatic carbocycles. The van der Waals surface area contributed by atoms with Gasteiger partial charge in [-0.1, -0.05) is 13.0 Å². The lowest BCUT2D eigenvalue weighted by atomic mass is 9.81. The number of nitriles is 1. The molecular weight excluding hydrogens is 658 g/mol. The molecule has 15 heteroatoms. The normalized spacial score (nSPS) is 22.8. The van der Waals surface area contributed by atoms with Gasteiger partial charge < -0.3 is 20.5 Å². The Balaban J connectivity index is 1.44. The van der Waals surface area contributed by atoms with Crippen LogP contribution < -0.4 is 15.4 Å². The highest BCUT2D eigenvalue weighted by atomic mass is 32.1. The fourth-order valence-electron chi connectivity index (χ4n) is 7.56. The molecule has 2 aromatic carbocycles. The third-order valence-electron chi connectivity index (χ3n) is 10.3. The Bertz CT molecular complexity index is 1970. The first-order valence-electron chi connectivity index (χ1n) is 15.7. The SMILES string of the molecule is CC1(CO)CCN(c2nc(OCC34CCCN3CC(F)C4)nc3c(F)c(-c4ccc(F)c5sc(N)c(C#N)c45)c(C(F)(F)F)cc23)CC1. The van der Waals surface area contributed by atoms with Crippen LogP contribution in [-0.4, -0.2) is 71.1 Å². The summed E-state index contributed by atoms with van der Waals surface area (Å²) in [6.07, 6.45) is -3.35. The van der Waals surface area contributed by atoms with E-state index < -0.39 is 51.6 Å². The number of hydrogen-bond donors (Lipinski definition) is 2. The zero-order valence-corrected chi connectivity index (χ0v) is 26.7. The summed E-state index contributed by atoms with van der Waals surface area (Å²) in [4.78, 5) is 12.6. The number of alkyl halides is 4. The van der Waals surface area contributed by atoms with Gasteiger partial charge in [0.2, 0.25) is 0 Å². The Kier molecular flexibility index (Phi) is 7.92. The summed E-state index contributed by atoms with van der Waals surface area (Å²) in [7, 11) is 0. The maximum atomic E-state index is 17.0. The molecule has 0 spiro atoms. The summed E-state index contributed by atoms with van der Waals surface area (Å²) in [5.41, 5.74) is 1.61. The molecule has 2 unspecified atom stereocenters. The van der Waals surface area contributed by atoms with Crippen LogP contribution in [0.1, 0.15) is 50.2 Å². The lowest BCUT2D eigenvalue weighted by Gasteiger charge is -2.39. The molecule has 0 bridgehead atoms. The maximum Gasteiger partial charge on any atom is 0.417 e. The van der Waals surface area contributed by atoms with Crippen LogP contribution in [0.2, 0.25) is 0 Å². The van der Waals surface area contributed by atoms with Crippen molar-refractivity contribution in [2.24, 2.45) is 5.41 Å². The van der Waals surface area contributed by atoms with Gasteiger partial charge >= 0.3 is 12.2 Å². The van der Waals surface area contributed by atoms with E-state index >= 15 is 4.39 Å². The van der Waals surface area contributed by atoms with E-state index in [2.05, 4.69) is 9.97 Å². The van der Waals surface area contributed by atoms with Gasteiger partial charge in [-0.3, -0.25) is 4.90 Å². The summed E-state index contributed by atoms with van der Waals surface area (Å²) < 4.78 is 96.9. The van der Waals surface area contributed by atoms with Crippen LogP contribution in [0, 0.1) is 28.4 Å². The van der Waals surface area contributed by atoms with Gasteiger partial charge in [-0.2, -0.15) is 28.4 Å². The quantitative estimate of drug-likeness (QED) is 0.212. The molecule has 3 aliphatic heterocycles. The van der Waals surface area contributed by atoms with Gasteiger partial charge in [-0.05, 0) is 55.3 Å². The van der Waals surface area contributed by atoms with Gasteiger partial charge in [0.05, 0.1) is 21.4 Å². The number of thiophene rings is 1. The molecule has 0 saturated carbocycles. The van der Waals surface area contributed by atoms with E-state index in [4.69, 9.17) is 10.5 Å². The molecule has 48 heavy (non-hydrogen) atoms. The minimum atomic E-state index is -5.08. The van der Waals surface area contributed by atoms with E-state index in [1.807, 2.05) is 17.9 Å². The zero-order valence-electron chi connectivity index (χ0n) is 25.9. The smallest absolute Gasteiger partial charge is 0.417 e. The highest BCUT2D eigenvalue weighted by Gasteiger charge is 2.49. The molecular formula is C33H32F6N6O2S. The summed E-state index contributed by atoms with van der Waals surface area (Å²) >= 11 is 0.688. The molecule has 3 fully saturated rings. The van der Waals surface area contributed by atoms with Crippen LogP contribution in [0.25, 0.3) is 32.1 Å². The molecule has 3 saturated heterocycles. The summed E-state index contributed by atoms with van der Waals surface area (Å²) in [5.74, 6) is -2.13. The topological polar surface area (TPSA) is 112 Å². The lowest BCUT2D eigenvalue weighted by molar-refractivity contribution is -0.137. The zero-order chi connectivity index (χ0) is 34.2. The second kappa shape index (κ2) is 11.6. The van der Waals surface area contributed by atoms with E-state index in [-0.39, 0.29) is 69.6 Å². The maximum absolute atomic E-state index is 17.0. The van der Waals surface area contributed by atoms with Crippen molar-refractivity contribution in [1.82, 2.24) is 14.9 Å². The molecule has 3 aliphatic rings. The molecule has 7 rings (SSSR count). The van der Waals surface area contributed by atoms with Crippen LogP contribution in [0.15, 0.2) is 18.2 Å². The van der Waals surface area contributed by atoms with Crippen LogP contribution >= 0.6 is 11.3 Å². The predicted molar refractivity (Wildman–Crippen MR) is 170 cm³/mol. The Morgan fingerprint density at radius 1 is 1.17 bits per heavy atom. The number of halogens is 6. The van der Waals surface area contributed by atoms with Crippen molar-refractivity contribution in [2.45, 2.75) is 56.9 Å². The van der Waals surface area contributed by atoms with Crippen molar-refractivity contribution in [2.75, 3.05) is 50.0 Å². The first-order chi connectivity index (χ1) is 22.8. The molecule has 3 N–H and O–H groups in total. The van der Waals surface area contributed by atoms with E-state index in [9.17, 15) is 32.3 Å². The van der Waals surface area contributed by atoms with E-state index in [0.717, 1.165) is 24.6 Å². The number of piperidine rings is 1. The number of nitrogens with zero attached hydrogens (tertiary/aromatic N) is 5. The molecule has 254 valence electrons. The first kappa shape index (κ1) is 32.7. The van der Waals surface area contributed by atoms with Gasteiger partial charge in [0.25, 0.3) is 0 Å². The average molecular weight is 691 g/mol. The van der Waals surface area contributed by atoms with Crippen molar-refractivity contribution in [3.05, 3.63) is 41.0 Å². The summed E-state index contributed by atoms with van der Waals surface area (Å²) in [5, 5.41) is 19.1. The monoisotopic (exact) mass is 690 g/mol. The Hall–Kier alpha value is -3.87. The highest BCUT2D eigenvalue weighted by molar-refractivity contribution is 7.23. The standard InChI is InChI=1S/C33H32F6N6O2S/c1-31(15-46)6-9-44(10-7-31)29-19-11-21(33(37,38)39)24(18-3-4-22(35)27-23(18)20(13-40)28(41)48-27)25(36)26(19)42-30(43-29)47-16-32-5-2-8-45(32)14-17(34)12-32/h3-4,11,17,46H,2,5-10,12,14-16,41H2,1H3. The number of nitrogens with two attached hydrogens (primary N) is 1. The van der Waals surface area contributed by atoms with Gasteiger partial charge in [0.15, 0.2) is 5.82 Å². The van der Waals surface area contributed by atoms with Gasteiger partial charge in [-0.25, -0.2) is 13.2 Å². The lowest BCUT2D eigenvalue weighted by Crippen LogP contribution is -2.43. The average Bonchev–Trinajstić information content (AvgIpc) is 3.69. The number of hydrogen-bond acceptors (Lipinski definition) is 9. The fraction of sp³-hybridized carbons (Fsp3) is 0.485. The van der Waals surface area contributed by atoms with Crippen molar-refractivity contribution in [1.29, 1.82) is 5.26 Å². The van der Waals surface area contributed by atoms with E-state index in [1.54, 1.807) is 4.90 Å². The highest BCUT2D eigenvalue weighted by Crippen LogP contribution is 2.48. The Morgan fingerprint density at radius 3 is 2.60 bits per heavy atom. The third-order valence-corrected chi connectivity index (χ3v) is 11.3. The number of aliphatic hydroxyl groups excluding tert-OH is 1. The number of aromatic nitrogens is 2. The van der Waals surface area contributed by atoms with E-state index in [1.165, 1.54) is 0 Å². The molecule has 0 radical (unpaired) electrons. The minimum Gasteiger partial charge on any atom is -0.461 e. The number of aliphatic hydroxyl groups is 1. The molecule has 2 aromatic heterocycles. The van der Waals surface area contributed by atoms with Crippen molar-refractivity contribution < 1.29 is 36.2 Å². The Morgan fingerprint density at radius 2 is 1.92 bits per heavy atom. The van der Waals surface area contributed by atoms with E-state index in [0.29, 0.717) is 50.2 Å². The van der Waals surface area contributed by atoms with Crippen molar-refractivity contribution in [3.63, 3.8) is 0 Å². The van der Waals surface area contributed by atoms with Crippen LogP contribution in [0.3, 0.4) is 0 Å². The minimum absolute atomic E-state index is 0.00829. The van der Waals surface area contributed by atoms with Crippen molar-refractivity contribution >= 4 is 43.1 Å². The fourth-order valence-corrected chi connectivity index (χ4v) is 8.51. The molecule has 8 nitrogen and oxygen atoms in total. The predicted octanol–water partition coefficient (Wildman–Crippen LogP) is 6.82. The number of anilines is 2. The second-order valence-electron chi connectivity index (χ2n) is 13.4. The number of nitrogen functional groups attached to an aromatic ring is 1. The van der Waals surface area contributed by atoms with Crippen LogP contribution in [0.4, 0.5) is 37.2 Å². The molecule has 0 amide bonds. The number of benzene rings is 2. The van der Waals surface area contributed by atoms with Gasteiger partial charge in [-0.15, -0.1) is 11.3 Å². The number of fused-ring (bicyclic) bond motifs is 3. The van der Waals surface area contributed by atoms with Crippen LogP contribution in [-0.2, 0) is 6.18 Å². The second-order valence-corrected chi connectivity index (χ2v) is 14.5. The molecule has 2 atom stereocenters. The number of rotatable bonds is 6. The third kappa shape index (κ3) is 5.28. The number of ether oxygens (including phenoxy) is 1. The van der Waals surface area contributed by atoms with Gasteiger partial charge in [0, 0.05) is 49.0 Å². The summed E-state index contributed by atoms with van der Waals surface area (Å²) in [6.45, 7) is 3.44. The summed E-state index contributed by atoms with van der Waals surface area (Å²) in [6, 6.07) is 4.25.